The van der Waals surface area contributed by atoms with E-state index in [0.29, 0.717) is 0 Å². The monoisotopic (exact) mass is 238 g/mol. The van der Waals surface area contributed by atoms with Gasteiger partial charge < -0.3 is 0 Å². The van der Waals surface area contributed by atoms with Gasteiger partial charge in [-0.15, -0.1) is 0 Å². The van der Waals surface area contributed by atoms with Gasteiger partial charge >= 0.3 is 10.4 Å². The van der Waals surface area contributed by atoms with Gasteiger partial charge in [0.2, 0.25) is 0 Å². The molecule has 0 spiro atoms. The van der Waals surface area contributed by atoms with Gasteiger partial charge in [-0.2, -0.15) is 8.42 Å². The average Bonchev–Trinajstić information content (AvgIpc) is 2.01. The Bertz CT molecular complexity index is 237. The van der Waals surface area contributed by atoms with Crippen LogP contribution in [0.3, 0.4) is 0 Å². The Morgan fingerprint density at radius 1 is 1.13 bits per heavy atom. The van der Waals surface area contributed by atoms with Crippen molar-refractivity contribution in [2.75, 3.05) is 0 Å². The van der Waals surface area contributed by atoms with Crippen LogP contribution in [0.4, 0.5) is 0 Å². The Labute approximate surface area is 93.0 Å². The van der Waals surface area contributed by atoms with Gasteiger partial charge in [0.25, 0.3) is 0 Å². The average molecular weight is 238 g/mol. The SMILES string of the molecule is CC(C)C.O=S(=O)(O)OC1CCCCC1. The molecule has 1 rings (SSSR count). The predicted molar refractivity (Wildman–Crippen MR) is 60.0 cm³/mol. The van der Waals surface area contributed by atoms with Gasteiger partial charge in [-0.3, -0.25) is 4.55 Å². The van der Waals surface area contributed by atoms with Crippen molar-refractivity contribution >= 4 is 10.4 Å². The zero-order valence-electron chi connectivity index (χ0n) is 9.77. The lowest BCUT2D eigenvalue weighted by Gasteiger charge is -2.19. The summed E-state index contributed by atoms with van der Waals surface area (Å²) in [5, 5.41) is 0. The van der Waals surface area contributed by atoms with E-state index in [1.54, 1.807) is 0 Å². The molecule has 1 aliphatic carbocycles. The molecule has 92 valence electrons. The third-order valence-electron chi connectivity index (χ3n) is 1.81. The summed E-state index contributed by atoms with van der Waals surface area (Å²) in [6.45, 7) is 6.50. The summed E-state index contributed by atoms with van der Waals surface area (Å²) in [5.74, 6) is 0.833. The van der Waals surface area contributed by atoms with Gasteiger partial charge in [0.1, 0.15) is 0 Å². The second-order valence-electron chi connectivity index (χ2n) is 4.52. The van der Waals surface area contributed by atoms with Crippen molar-refractivity contribution in [3.63, 3.8) is 0 Å². The zero-order chi connectivity index (χ0) is 11.9. The van der Waals surface area contributed by atoms with Gasteiger partial charge in [-0.05, 0) is 18.8 Å². The minimum absolute atomic E-state index is 0.293. The standard InChI is InChI=1S/C6H12O4S.C4H10/c7-11(8,9)10-6-4-2-1-3-5-6;1-4(2)3/h6H,1-5H2,(H,7,8,9);4H,1-3H3. The highest BCUT2D eigenvalue weighted by Crippen LogP contribution is 2.21. The highest BCUT2D eigenvalue weighted by atomic mass is 32.3. The maximum absolute atomic E-state index is 10.2. The predicted octanol–water partition coefficient (Wildman–Crippen LogP) is 2.80. The van der Waals surface area contributed by atoms with E-state index in [-0.39, 0.29) is 6.10 Å². The molecule has 1 N–H and O–H groups in total. The maximum atomic E-state index is 10.2. The Balaban J connectivity index is 0.000000423. The van der Waals surface area contributed by atoms with Crippen LogP contribution < -0.4 is 0 Å². The molecule has 0 bridgehead atoms. The fourth-order valence-corrected chi connectivity index (χ4v) is 1.87. The van der Waals surface area contributed by atoms with E-state index in [2.05, 4.69) is 25.0 Å². The fraction of sp³-hybridized carbons (Fsp3) is 1.00. The van der Waals surface area contributed by atoms with Crippen LogP contribution in [0.25, 0.3) is 0 Å². The molecule has 0 heterocycles. The third kappa shape index (κ3) is 11.8. The minimum Gasteiger partial charge on any atom is -0.264 e. The summed E-state index contributed by atoms with van der Waals surface area (Å²) in [5.41, 5.74) is 0. The molecule has 1 aliphatic rings. The first-order chi connectivity index (χ1) is 6.81. The zero-order valence-corrected chi connectivity index (χ0v) is 10.6. The molecule has 0 unspecified atom stereocenters. The normalized spacial score (nSPS) is 18.5. The van der Waals surface area contributed by atoms with Gasteiger partial charge in [-0.1, -0.05) is 40.0 Å². The molecule has 0 aromatic heterocycles. The second kappa shape index (κ2) is 7.19. The number of hydrogen-bond donors (Lipinski definition) is 1. The lowest BCUT2D eigenvalue weighted by molar-refractivity contribution is 0.142. The Hall–Kier alpha value is -0.130. The smallest absolute Gasteiger partial charge is 0.264 e. The van der Waals surface area contributed by atoms with Crippen molar-refractivity contribution < 1.29 is 17.2 Å². The Morgan fingerprint density at radius 2 is 1.53 bits per heavy atom. The van der Waals surface area contributed by atoms with Gasteiger partial charge in [0.05, 0.1) is 6.10 Å². The topological polar surface area (TPSA) is 63.6 Å². The van der Waals surface area contributed by atoms with Crippen LogP contribution in [-0.4, -0.2) is 19.1 Å². The lowest BCUT2D eigenvalue weighted by atomic mass is 9.98. The molecule has 0 amide bonds. The summed E-state index contributed by atoms with van der Waals surface area (Å²) < 4.78 is 33.2. The molecule has 1 fully saturated rings. The molecule has 0 radical (unpaired) electrons. The van der Waals surface area contributed by atoms with Gasteiger partial charge in [0.15, 0.2) is 0 Å². The van der Waals surface area contributed by atoms with E-state index in [1.807, 2.05) is 0 Å². The van der Waals surface area contributed by atoms with Crippen molar-refractivity contribution in [1.82, 2.24) is 0 Å². The summed E-state index contributed by atoms with van der Waals surface area (Å²) in [6.07, 6.45) is 4.28. The largest absolute Gasteiger partial charge is 0.397 e. The van der Waals surface area contributed by atoms with E-state index in [0.717, 1.165) is 38.0 Å². The van der Waals surface area contributed by atoms with Crippen LogP contribution in [0, 0.1) is 5.92 Å². The summed E-state index contributed by atoms with van der Waals surface area (Å²) in [7, 11) is -4.22. The molecule has 4 nitrogen and oxygen atoms in total. The number of rotatable bonds is 2. The van der Waals surface area contributed by atoms with E-state index < -0.39 is 10.4 Å². The Morgan fingerprint density at radius 3 is 1.87 bits per heavy atom. The second-order valence-corrected chi connectivity index (χ2v) is 5.56. The summed E-state index contributed by atoms with van der Waals surface area (Å²) in [4.78, 5) is 0. The molecule has 0 aromatic carbocycles. The highest BCUT2D eigenvalue weighted by molar-refractivity contribution is 7.80. The van der Waals surface area contributed by atoms with E-state index in [9.17, 15) is 8.42 Å². The molecular formula is C10H22O4S. The maximum Gasteiger partial charge on any atom is 0.397 e. The first-order valence-corrected chi connectivity index (χ1v) is 6.83. The molecule has 5 heteroatoms. The van der Waals surface area contributed by atoms with Crippen LogP contribution in [0.15, 0.2) is 0 Å². The van der Waals surface area contributed by atoms with Gasteiger partial charge in [0, 0.05) is 0 Å². The van der Waals surface area contributed by atoms with E-state index in [4.69, 9.17) is 4.55 Å². The number of hydrogen-bond acceptors (Lipinski definition) is 3. The van der Waals surface area contributed by atoms with Crippen molar-refractivity contribution in [1.29, 1.82) is 0 Å². The molecular weight excluding hydrogens is 216 g/mol. The van der Waals surface area contributed by atoms with Crippen LogP contribution in [0.5, 0.6) is 0 Å². The molecule has 0 atom stereocenters. The van der Waals surface area contributed by atoms with Crippen molar-refractivity contribution in [2.45, 2.75) is 59.0 Å². The third-order valence-corrected chi connectivity index (χ3v) is 2.33. The van der Waals surface area contributed by atoms with Crippen LogP contribution in [0.2, 0.25) is 0 Å². The quantitative estimate of drug-likeness (QED) is 0.751. The first kappa shape index (κ1) is 14.9. The lowest BCUT2D eigenvalue weighted by Crippen LogP contribution is -2.20. The Kier molecular flexibility index (Phi) is 7.13. The van der Waals surface area contributed by atoms with Crippen molar-refractivity contribution in [3.05, 3.63) is 0 Å². The summed E-state index contributed by atoms with van der Waals surface area (Å²) >= 11 is 0. The van der Waals surface area contributed by atoms with Crippen LogP contribution in [-0.2, 0) is 14.6 Å². The van der Waals surface area contributed by atoms with E-state index in [1.165, 1.54) is 0 Å². The molecule has 1 saturated carbocycles. The molecule has 0 saturated heterocycles. The molecule has 0 aliphatic heterocycles. The van der Waals surface area contributed by atoms with Crippen LogP contribution in [0.1, 0.15) is 52.9 Å². The van der Waals surface area contributed by atoms with Crippen molar-refractivity contribution in [2.24, 2.45) is 5.92 Å². The van der Waals surface area contributed by atoms with E-state index >= 15 is 0 Å². The van der Waals surface area contributed by atoms with Crippen LogP contribution >= 0.6 is 0 Å². The minimum atomic E-state index is -4.22. The molecule has 15 heavy (non-hydrogen) atoms. The highest BCUT2D eigenvalue weighted by Gasteiger charge is 2.19. The fourth-order valence-electron chi connectivity index (χ4n) is 1.33. The molecule has 0 aromatic rings. The summed E-state index contributed by atoms with van der Waals surface area (Å²) in [6, 6.07) is 0. The van der Waals surface area contributed by atoms with Crippen molar-refractivity contribution in [3.8, 4) is 0 Å². The first-order valence-electron chi connectivity index (χ1n) is 5.47. The van der Waals surface area contributed by atoms with Gasteiger partial charge in [-0.25, -0.2) is 4.18 Å².